The molecule has 126 valence electrons. The molecule has 9 heteroatoms. The van der Waals surface area contributed by atoms with Crippen molar-refractivity contribution >= 4 is 26.9 Å². The largest absolute Gasteiger partial charge is 0.337 e. The van der Waals surface area contributed by atoms with Crippen LogP contribution in [0, 0.1) is 0 Å². The Labute approximate surface area is 141 Å². The van der Waals surface area contributed by atoms with Gasteiger partial charge < -0.3 is 14.5 Å². The van der Waals surface area contributed by atoms with E-state index in [0.29, 0.717) is 16.6 Å². The highest BCUT2D eigenvalue weighted by atomic mass is 32.2. The van der Waals surface area contributed by atoms with Gasteiger partial charge in [0.05, 0.1) is 27.7 Å². The number of hydrogen-bond donors (Lipinski definition) is 3. The fraction of sp³-hybridized carbons (Fsp3) is 0. The first kappa shape index (κ1) is 15.2. The number of H-pyrrole nitrogens is 2. The lowest BCUT2D eigenvalue weighted by molar-refractivity contribution is 0.435. The van der Waals surface area contributed by atoms with Crippen molar-refractivity contribution in [3.63, 3.8) is 0 Å². The van der Waals surface area contributed by atoms with Crippen LogP contribution < -0.4 is 10.4 Å². The summed E-state index contributed by atoms with van der Waals surface area (Å²) in [5.74, 6) is 0.0221. The number of fused-ring (bicyclic) bond motifs is 1. The molecule has 0 spiro atoms. The maximum atomic E-state index is 12.6. The second kappa shape index (κ2) is 5.64. The average Bonchev–Trinajstić information content (AvgIpc) is 3.19. The van der Waals surface area contributed by atoms with Gasteiger partial charge in [0.15, 0.2) is 0 Å². The number of aromatic amines is 2. The van der Waals surface area contributed by atoms with Crippen LogP contribution in [0.3, 0.4) is 0 Å². The first-order valence-electron chi connectivity index (χ1n) is 7.28. The number of anilines is 1. The second-order valence-electron chi connectivity index (χ2n) is 5.33. The third kappa shape index (κ3) is 2.81. The highest BCUT2D eigenvalue weighted by Crippen LogP contribution is 2.29. The van der Waals surface area contributed by atoms with Crippen LogP contribution in [0.5, 0.6) is 0 Å². The molecule has 0 saturated carbocycles. The average molecular weight is 356 g/mol. The number of nitrogens with one attached hydrogen (secondary N) is 3. The molecule has 0 aliphatic rings. The first-order chi connectivity index (χ1) is 12.0. The van der Waals surface area contributed by atoms with E-state index in [1.165, 1.54) is 24.4 Å². The molecular formula is C16H12N4O4S. The Balaban J connectivity index is 1.72. The molecule has 0 bridgehead atoms. The summed E-state index contributed by atoms with van der Waals surface area (Å²) in [6.45, 7) is 0. The molecule has 25 heavy (non-hydrogen) atoms. The Morgan fingerprint density at radius 3 is 2.56 bits per heavy atom. The van der Waals surface area contributed by atoms with E-state index < -0.39 is 15.7 Å². The maximum Gasteiger partial charge on any atom is 0.323 e. The van der Waals surface area contributed by atoms with Gasteiger partial charge in [-0.2, -0.15) is 0 Å². The SMILES string of the molecule is O=c1[nH]c2ccc(S(=O)(=O)Nc3oncc3-c3ccccc3)cc2[nH]1. The van der Waals surface area contributed by atoms with Gasteiger partial charge in [-0.05, 0) is 23.8 Å². The number of rotatable bonds is 4. The molecule has 0 unspecified atom stereocenters. The molecule has 4 aromatic rings. The van der Waals surface area contributed by atoms with Crippen LogP contribution in [0.15, 0.2) is 68.9 Å². The molecule has 0 aliphatic carbocycles. The summed E-state index contributed by atoms with van der Waals surface area (Å²) in [5, 5.41) is 3.68. The van der Waals surface area contributed by atoms with Crippen LogP contribution >= 0.6 is 0 Å². The lowest BCUT2D eigenvalue weighted by Crippen LogP contribution is -2.13. The molecule has 0 saturated heterocycles. The molecule has 2 heterocycles. The molecule has 3 N–H and O–H groups in total. The van der Waals surface area contributed by atoms with E-state index in [-0.39, 0.29) is 10.8 Å². The summed E-state index contributed by atoms with van der Waals surface area (Å²) in [5.41, 5.74) is 1.81. The molecule has 0 aliphatic heterocycles. The van der Waals surface area contributed by atoms with Gasteiger partial charge in [0.2, 0.25) is 5.88 Å². The van der Waals surface area contributed by atoms with Gasteiger partial charge in [-0.1, -0.05) is 35.5 Å². The molecule has 0 fully saturated rings. The van der Waals surface area contributed by atoms with Crippen molar-refractivity contribution in [2.75, 3.05) is 4.72 Å². The maximum absolute atomic E-state index is 12.6. The number of sulfonamides is 1. The van der Waals surface area contributed by atoms with Gasteiger partial charge in [-0.25, -0.2) is 17.9 Å². The summed E-state index contributed by atoms with van der Waals surface area (Å²) in [6, 6.07) is 13.4. The summed E-state index contributed by atoms with van der Waals surface area (Å²) in [6.07, 6.45) is 1.44. The van der Waals surface area contributed by atoms with Crippen molar-refractivity contribution in [1.82, 2.24) is 15.1 Å². The number of hydrogen-bond acceptors (Lipinski definition) is 5. The smallest absolute Gasteiger partial charge is 0.323 e. The third-order valence-corrected chi connectivity index (χ3v) is 5.01. The minimum absolute atomic E-state index is 0.00865. The van der Waals surface area contributed by atoms with Crippen LogP contribution in [-0.4, -0.2) is 23.5 Å². The summed E-state index contributed by atoms with van der Waals surface area (Å²) < 4.78 is 32.7. The standard InChI is InChI=1S/C16H12N4O4S/c21-16-18-13-7-6-11(8-14(13)19-16)25(22,23)20-15-12(9-17-24-15)10-4-2-1-3-5-10/h1-9,20H,(H2,18,19,21). The molecule has 0 radical (unpaired) electrons. The van der Waals surface area contributed by atoms with Gasteiger partial charge in [0, 0.05) is 0 Å². The lowest BCUT2D eigenvalue weighted by Gasteiger charge is -2.07. The zero-order valence-corrected chi connectivity index (χ0v) is 13.5. The molecule has 0 amide bonds. The summed E-state index contributed by atoms with van der Waals surface area (Å²) >= 11 is 0. The van der Waals surface area contributed by atoms with E-state index in [4.69, 9.17) is 4.52 Å². The van der Waals surface area contributed by atoms with Gasteiger partial charge in [-0.3, -0.25) is 0 Å². The van der Waals surface area contributed by atoms with Crippen LogP contribution in [0.2, 0.25) is 0 Å². The Morgan fingerprint density at radius 2 is 1.76 bits per heavy atom. The first-order valence-corrected chi connectivity index (χ1v) is 8.76. The Morgan fingerprint density at radius 1 is 1.00 bits per heavy atom. The normalized spacial score (nSPS) is 11.7. The van der Waals surface area contributed by atoms with Crippen molar-refractivity contribution < 1.29 is 12.9 Å². The summed E-state index contributed by atoms with van der Waals surface area (Å²) in [7, 11) is -3.92. The monoisotopic (exact) mass is 356 g/mol. The van der Waals surface area contributed by atoms with E-state index in [9.17, 15) is 13.2 Å². The van der Waals surface area contributed by atoms with Crippen molar-refractivity contribution in [1.29, 1.82) is 0 Å². The zero-order valence-electron chi connectivity index (χ0n) is 12.7. The van der Waals surface area contributed by atoms with E-state index in [1.54, 1.807) is 0 Å². The van der Waals surface area contributed by atoms with Gasteiger partial charge >= 0.3 is 5.69 Å². The van der Waals surface area contributed by atoms with Gasteiger partial charge in [0.1, 0.15) is 0 Å². The quantitative estimate of drug-likeness (QED) is 0.518. The zero-order chi connectivity index (χ0) is 17.4. The minimum atomic E-state index is -3.92. The topological polar surface area (TPSA) is 121 Å². The fourth-order valence-corrected chi connectivity index (χ4v) is 3.53. The second-order valence-corrected chi connectivity index (χ2v) is 7.01. The van der Waals surface area contributed by atoms with E-state index in [1.807, 2.05) is 30.3 Å². The third-order valence-electron chi connectivity index (χ3n) is 3.68. The van der Waals surface area contributed by atoms with Crippen molar-refractivity contribution in [3.05, 3.63) is 65.2 Å². The molecular weight excluding hydrogens is 344 g/mol. The lowest BCUT2D eigenvalue weighted by atomic mass is 10.1. The molecule has 2 aromatic heterocycles. The number of imidazole rings is 1. The van der Waals surface area contributed by atoms with E-state index in [2.05, 4.69) is 19.8 Å². The minimum Gasteiger partial charge on any atom is -0.337 e. The molecule has 8 nitrogen and oxygen atoms in total. The molecule has 0 atom stereocenters. The number of aromatic nitrogens is 3. The molecule has 2 aromatic carbocycles. The predicted octanol–water partition coefficient (Wildman–Crippen LogP) is 2.31. The van der Waals surface area contributed by atoms with Gasteiger partial charge in [-0.15, -0.1) is 0 Å². The van der Waals surface area contributed by atoms with E-state index >= 15 is 0 Å². The Bertz CT molecular complexity index is 1210. The fourth-order valence-electron chi connectivity index (χ4n) is 2.50. The Kier molecular flexibility index (Phi) is 3.43. The van der Waals surface area contributed by atoms with E-state index in [0.717, 1.165) is 5.56 Å². The highest BCUT2D eigenvalue weighted by Gasteiger charge is 2.20. The van der Waals surface area contributed by atoms with Crippen LogP contribution in [0.25, 0.3) is 22.2 Å². The van der Waals surface area contributed by atoms with Gasteiger partial charge in [0.25, 0.3) is 10.0 Å². The predicted molar refractivity (Wildman–Crippen MR) is 91.7 cm³/mol. The van der Waals surface area contributed by atoms with Crippen LogP contribution in [0.1, 0.15) is 0 Å². The van der Waals surface area contributed by atoms with Crippen molar-refractivity contribution in [2.24, 2.45) is 0 Å². The van der Waals surface area contributed by atoms with Crippen LogP contribution in [0.4, 0.5) is 5.88 Å². The summed E-state index contributed by atoms with van der Waals surface area (Å²) in [4.78, 5) is 16.4. The van der Waals surface area contributed by atoms with Crippen molar-refractivity contribution in [3.8, 4) is 11.1 Å². The van der Waals surface area contributed by atoms with Crippen molar-refractivity contribution in [2.45, 2.75) is 4.90 Å². The highest BCUT2D eigenvalue weighted by molar-refractivity contribution is 7.92. The molecule has 4 rings (SSSR count). The number of nitrogens with zero attached hydrogens (tertiary/aromatic N) is 1. The van der Waals surface area contributed by atoms with Crippen LogP contribution in [-0.2, 0) is 10.0 Å². The Hall–Kier alpha value is -3.33. The number of benzene rings is 2.